The normalized spacial score (nSPS) is 23.9. The molecule has 2 unspecified atom stereocenters. The third-order valence-electron chi connectivity index (χ3n) is 2.71. The Bertz CT molecular complexity index is 197. The first-order valence-electron chi connectivity index (χ1n) is 5.26. The maximum Gasteiger partial charge on any atom is 0.235 e. The van der Waals surface area contributed by atoms with Crippen molar-refractivity contribution in [2.45, 2.75) is 43.9 Å². The predicted molar refractivity (Wildman–Crippen MR) is 59.5 cm³/mol. The molecule has 1 heterocycles. The van der Waals surface area contributed by atoms with Gasteiger partial charge in [0.05, 0.1) is 5.25 Å². The van der Waals surface area contributed by atoms with Crippen molar-refractivity contribution < 1.29 is 9.90 Å². The van der Waals surface area contributed by atoms with Crippen LogP contribution in [0.25, 0.3) is 0 Å². The first kappa shape index (κ1) is 11.9. The highest BCUT2D eigenvalue weighted by Crippen LogP contribution is 2.22. The highest BCUT2D eigenvalue weighted by atomic mass is 32.1. The lowest BCUT2D eigenvalue weighted by Crippen LogP contribution is -2.39. The van der Waals surface area contributed by atoms with Crippen molar-refractivity contribution in [3.8, 4) is 0 Å². The summed E-state index contributed by atoms with van der Waals surface area (Å²) in [7, 11) is 0. The number of likely N-dealkylation sites (tertiary alicyclic amines) is 1. The Kier molecular flexibility index (Phi) is 4.75. The largest absolute Gasteiger partial charge is 0.396 e. The van der Waals surface area contributed by atoms with Crippen molar-refractivity contribution in [2.24, 2.45) is 0 Å². The summed E-state index contributed by atoms with van der Waals surface area (Å²) in [6.45, 7) is 2.89. The van der Waals surface area contributed by atoms with Crippen LogP contribution < -0.4 is 0 Å². The maximum atomic E-state index is 11.7. The lowest BCUT2D eigenvalue weighted by Gasteiger charge is -2.25. The number of hydrogen-bond donors (Lipinski definition) is 2. The van der Waals surface area contributed by atoms with Crippen LogP contribution in [0.3, 0.4) is 0 Å². The summed E-state index contributed by atoms with van der Waals surface area (Å²) in [5, 5.41) is 8.54. The van der Waals surface area contributed by atoms with Crippen LogP contribution in [0.1, 0.15) is 32.6 Å². The quantitative estimate of drug-likeness (QED) is 0.692. The third-order valence-corrected chi connectivity index (χ3v) is 2.93. The second kappa shape index (κ2) is 5.61. The number of carbonyl (C=O) groups excluding carboxylic acids is 1. The van der Waals surface area contributed by atoms with Gasteiger partial charge in [-0.25, -0.2) is 0 Å². The molecule has 0 aliphatic carbocycles. The molecule has 4 heteroatoms. The molecule has 1 fully saturated rings. The number of aliphatic hydroxyl groups is 1. The summed E-state index contributed by atoms with van der Waals surface area (Å²) >= 11 is 4.16. The third kappa shape index (κ3) is 2.89. The van der Waals surface area contributed by atoms with E-state index in [9.17, 15) is 4.79 Å². The molecule has 1 saturated heterocycles. The van der Waals surface area contributed by atoms with Crippen LogP contribution in [0.2, 0.25) is 0 Å². The van der Waals surface area contributed by atoms with Crippen molar-refractivity contribution in [2.75, 3.05) is 13.2 Å². The molecule has 82 valence electrons. The molecule has 0 spiro atoms. The predicted octanol–water partition coefficient (Wildman–Crippen LogP) is 1.07. The molecule has 0 bridgehead atoms. The van der Waals surface area contributed by atoms with E-state index < -0.39 is 0 Å². The van der Waals surface area contributed by atoms with Gasteiger partial charge < -0.3 is 10.0 Å². The van der Waals surface area contributed by atoms with Gasteiger partial charge in [0.2, 0.25) is 5.91 Å². The fourth-order valence-electron chi connectivity index (χ4n) is 1.99. The van der Waals surface area contributed by atoms with Gasteiger partial charge in [0.1, 0.15) is 0 Å². The van der Waals surface area contributed by atoms with Crippen molar-refractivity contribution in [1.29, 1.82) is 0 Å². The molecule has 0 aromatic carbocycles. The first-order chi connectivity index (χ1) is 6.66. The van der Waals surface area contributed by atoms with E-state index in [0.717, 1.165) is 32.2 Å². The lowest BCUT2D eigenvalue weighted by atomic mass is 10.1. The Morgan fingerprint density at radius 3 is 3.00 bits per heavy atom. The molecule has 1 rings (SSSR count). The van der Waals surface area contributed by atoms with Crippen LogP contribution >= 0.6 is 12.6 Å². The Balaban J connectivity index is 2.46. The molecule has 1 N–H and O–H groups in total. The van der Waals surface area contributed by atoms with E-state index in [1.54, 1.807) is 0 Å². The van der Waals surface area contributed by atoms with Gasteiger partial charge >= 0.3 is 0 Å². The summed E-state index contributed by atoms with van der Waals surface area (Å²) < 4.78 is 0. The van der Waals surface area contributed by atoms with Gasteiger partial charge in [0.15, 0.2) is 0 Å². The zero-order chi connectivity index (χ0) is 10.6. The Hall–Kier alpha value is -0.220. The van der Waals surface area contributed by atoms with E-state index in [2.05, 4.69) is 12.6 Å². The van der Waals surface area contributed by atoms with E-state index >= 15 is 0 Å². The topological polar surface area (TPSA) is 40.5 Å². The number of rotatable bonds is 4. The fourth-order valence-corrected chi connectivity index (χ4v) is 2.14. The highest BCUT2D eigenvalue weighted by molar-refractivity contribution is 7.81. The van der Waals surface area contributed by atoms with Crippen LogP contribution in [-0.2, 0) is 4.79 Å². The van der Waals surface area contributed by atoms with Crippen LogP contribution in [0.4, 0.5) is 0 Å². The second-order valence-electron chi connectivity index (χ2n) is 3.87. The van der Waals surface area contributed by atoms with Gasteiger partial charge in [-0.3, -0.25) is 4.79 Å². The molecule has 1 amide bonds. The monoisotopic (exact) mass is 217 g/mol. The van der Waals surface area contributed by atoms with Crippen molar-refractivity contribution in [3.05, 3.63) is 0 Å². The number of carbonyl (C=O) groups is 1. The minimum Gasteiger partial charge on any atom is -0.396 e. The number of aliphatic hydroxyl groups excluding tert-OH is 1. The van der Waals surface area contributed by atoms with Gasteiger partial charge in [0.25, 0.3) is 0 Å². The molecule has 1 aliphatic heterocycles. The fraction of sp³-hybridized carbons (Fsp3) is 0.900. The van der Waals surface area contributed by atoms with E-state index in [-0.39, 0.29) is 17.8 Å². The molecule has 0 aromatic rings. The molecule has 14 heavy (non-hydrogen) atoms. The number of hydrogen-bond acceptors (Lipinski definition) is 3. The van der Waals surface area contributed by atoms with Gasteiger partial charge in [-0.2, -0.15) is 12.6 Å². The van der Waals surface area contributed by atoms with Crippen LogP contribution in [0, 0.1) is 0 Å². The van der Waals surface area contributed by atoms with Gasteiger partial charge in [0, 0.05) is 19.2 Å². The number of amides is 1. The van der Waals surface area contributed by atoms with Gasteiger partial charge in [-0.1, -0.05) is 0 Å². The van der Waals surface area contributed by atoms with Gasteiger partial charge in [-0.05, 0) is 32.6 Å². The summed E-state index contributed by atoms with van der Waals surface area (Å²) in [6, 6.07) is 0.337. The zero-order valence-corrected chi connectivity index (χ0v) is 9.54. The van der Waals surface area contributed by atoms with Crippen molar-refractivity contribution >= 4 is 18.5 Å². The Morgan fingerprint density at radius 2 is 2.43 bits per heavy atom. The minimum atomic E-state index is -0.204. The van der Waals surface area contributed by atoms with E-state index in [1.807, 2.05) is 11.8 Å². The molecule has 1 aliphatic rings. The SMILES string of the molecule is CC(S)C(=O)N1CCCC1CCCO. The summed E-state index contributed by atoms with van der Waals surface area (Å²) in [4.78, 5) is 13.6. The molecule has 2 atom stereocenters. The number of thiol groups is 1. The molecular weight excluding hydrogens is 198 g/mol. The smallest absolute Gasteiger partial charge is 0.235 e. The standard InChI is InChI=1S/C10H19NO2S/c1-8(14)10(13)11-6-2-4-9(11)5-3-7-12/h8-9,12,14H,2-7H2,1H3. The molecule has 0 aromatic heterocycles. The van der Waals surface area contributed by atoms with Gasteiger partial charge in [-0.15, -0.1) is 0 Å². The molecular formula is C10H19NO2S. The van der Waals surface area contributed by atoms with Crippen molar-refractivity contribution in [3.63, 3.8) is 0 Å². The highest BCUT2D eigenvalue weighted by Gasteiger charge is 2.29. The van der Waals surface area contributed by atoms with E-state index in [0.29, 0.717) is 6.04 Å². The Morgan fingerprint density at radius 1 is 1.71 bits per heavy atom. The summed E-state index contributed by atoms with van der Waals surface area (Å²) in [6.07, 6.45) is 3.87. The zero-order valence-electron chi connectivity index (χ0n) is 8.65. The van der Waals surface area contributed by atoms with Crippen LogP contribution in [-0.4, -0.2) is 40.4 Å². The minimum absolute atomic E-state index is 0.133. The van der Waals surface area contributed by atoms with Crippen molar-refractivity contribution in [1.82, 2.24) is 4.90 Å². The average molecular weight is 217 g/mol. The van der Waals surface area contributed by atoms with Crippen LogP contribution in [0.5, 0.6) is 0 Å². The lowest BCUT2D eigenvalue weighted by molar-refractivity contribution is -0.131. The van der Waals surface area contributed by atoms with Crippen LogP contribution in [0.15, 0.2) is 0 Å². The maximum absolute atomic E-state index is 11.7. The molecule has 3 nitrogen and oxygen atoms in total. The van der Waals surface area contributed by atoms with E-state index in [1.165, 1.54) is 0 Å². The second-order valence-corrected chi connectivity index (χ2v) is 4.64. The molecule has 0 saturated carbocycles. The molecule has 0 radical (unpaired) electrons. The average Bonchev–Trinajstić information content (AvgIpc) is 2.61. The Labute approximate surface area is 90.9 Å². The summed E-state index contributed by atoms with van der Waals surface area (Å²) in [5.74, 6) is 0.133. The van der Waals surface area contributed by atoms with E-state index in [4.69, 9.17) is 5.11 Å². The first-order valence-corrected chi connectivity index (χ1v) is 5.78. The number of nitrogens with zero attached hydrogens (tertiary/aromatic N) is 1. The summed E-state index contributed by atoms with van der Waals surface area (Å²) in [5.41, 5.74) is 0.